The van der Waals surface area contributed by atoms with Crippen LogP contribution in [0.2, 0.25) is 0 Å². The second kappa shape index (κ2) is 8.59. The summed E-state index contributed by atoms with van der Waals surface area (Å²) in [6.07, 6.45) is 2.08. The van der Waals surface area contributed by atoms with Crippen LogP contribution < -0.4 is 23.3 Å². The van der Waals surface area contributed by atoms with Crippen molar-refractivity contribution in [3.63, 3.8) is 0 Å². The summed E-state index contributed by atoms with van der Waals surface area (Å²) in [5.41, 5.74) is 2.21. The van der Waals surface area contributed by atoms with Crippen LogP contribution in [-0.2, 0) is 0 Å². The quantitative estimate of drug-likeness (QED) is 0.288. The number of nitrogens with zero attached hydrogens (tertiary/aromatic N) is 1. The van der Waals surface area contributed by atoms with Gasteiger partial charge in [0.1, 0.15) is 0 Å². The third-order valence-corrected chi connectivity index (χ3v) is 5.09. The van der Waals surface area contributed by atoms with Gasteiger partial charge in [0.25, 0.3) is 0 Å². The van der Waals surface area contributed by atoms with Gasteiger partial charge < -0.3 is 24.4 Å². The number of hydrogen-bond acceptors (Lipinski definition) is 4. The van der Waals surface area contributed by atoms with E-state index < -0.39 is 0 Å². The Morgan fingerprint density at radius 3 is 1.69 bits per heavy atom. The van der Waals surface area contributed by atoms with Gasteiger partial charge in [0.05, 0.1) is 39.2 Å². The summed E-state index contributed by atoms with van der Waals surface area (Å²) in [5, 5.41) is 4.39. The minimum atomic E-state index is 0. The van der Waals surface area contributed by atoms with E-state index in [4.69, 9.17) is 18.9 Å². The fourth-order valence-corrected chi connectivity index (χ4v) is 3.66. The Labute approximate surface area is 175 Å². The first-order chi connectivity index (χ1) is 13.1. The van der Waals surface area contributed by atoms with Gasteiger partial charge in [0, 0.05) is 19.1 Å². The molecule has 2 N–H and O–H groups in total. The maximum Gasteiger partial charge on any atom is 0.219 e. The number of ether oxygens (including phenoxy) is 4. The molecule has 0 saturated heterocycles. The van der Waals surface area contributed by atoms with Gasteiger partial charge in [0.2, 0.25) is 5.52 Å². The van der Waals surface area contributed by atoms with Gasteiger partial charge in [-0.15, -0.1) is 12.4 Å². The number of aromatic nitrogens is 1. The minimum absolute atomic E-state index is 0. The molecular weight excluding hydrogens is 394 g/mol. The van der Waals surface area contributed by atoms with Gasteiger partial charge in [-0.05, 0) is 35.0 Å². The Kier molecular flexibility index (Phi) is 6.62. The van der Waals surface area contributed by atoms with Crippen molar-refractivity contribution < 1.29 is 28.8 Å². The number of methoxy groups -OCH3 is 4. The standard InChI is InChI=1S/C22H22NO4.ClH.H2O/c1-13-16-11-21(26-4)20(25-3)10-15(16)8-18-17-12-22(27-5)19(24-2)9-14(17)6-7-23(13)18;;/h6-12H,1-5H3;1H;1H2/q+1;;. The zero-order valence-electron chi connectivity index (χ0n) is 17.0. The highest BCUT2D eigenvalue weighted by molar-refractivity contribution is 6.00. The summed E-state index contributed by atoms with van der Waals surface area (Å²) in [4.78, 5) is 0. The highest BCUT2D eigenvalue weighted by Gasteiger charge is 2.19. The van der Waals surface area contributed by atoms with Crippen LogP contribution in [0.5, 0.6) is 23.0 Å². The van der Waals surface area contributed by atoms with Crippen LogP contribution in [0.15, 0.2) is 42.6 Å². The SMILES string of the molecule is COc1cc2cc3c4cc(OC)c(OC)cc4cc[n+]3c(C)c2cc1OC.Cl.O. The van der Waals surface area contributed by atoms with Gasteiger partial charge in [-0.1, -0.05) is 0 Å². The van der Waals surface area contributed by atoms with E-state index in [-0.39, 0.29) is 17.9 Å². The van der Waals surface area contributed by atoms with Crippen LogP contribution in [0.4, 0.5) is 0 Å². The van der Waals surface area contributed by atoms with Crippen LogP contribution >= 0.6 is 12.4 Å². The Balaban J connectivity index is 0.00000150. The normalized spacial score (nSPS) is 10.4. The second-order valence-electron chi connectivity index (χ2n) is 6.39. The Bertz CT molecular complexity index is 1190. The molecule has 2 aromatic heterocycles. The first-order valence-electron chi connectivity index (χ1n) is 8.66. The van der Waals surface area contributed by atoms with Crippen molar-refractivity contribution in [2.24, 2.45) is 0 Å². The number of fused-ring (bicyclic) bond motifs is 4. The molecule has 7 heteroatoms. The summed E-state index contributed by atoms with van der Waals surface area (Å²) >= 11 is 0. The van der Waals surface area contributed by atoms with E-state index in [0.717, 1.165) is 44.3 Å². The van der Waals surface area contributed by atoms with Crippen LogP contribution in [-0.4, -0.2) is 33.9 Å². The lowest BCUT2D eigenvalue weighted by atomic mass is 10.0. The maximum atomic E-state index is 5.51. The molecule has 0 fully saturated rings. The van der Waals surface area contributed by atoms with E-state index in [1.165, 1.54) is 0 Å². The average molecular weight is 419 g/mol. The van der Waals surface area contributed by atoms with Crippen molar-refractivity contribution in [1.29, 1.82) is 0 Å². The Morgan fingerprint density at radius 1 is 0.655 bits per heavy atom. The molecule has 0 spiro atoms. The minimum Gasteiger partial charge on any atom is -0.493 e. The summed E-state index contributed by atoms with van der Waals surface area (Å²) in [5.74, 6) is 2.87. The Hall–Kier alpha value is -2.96. The predicted molar refractivity (Wildman–Crippen MR) is 116 cm³/mol. The highest BCUT2D eigenvalue weighted by Crippen LogP contribution is 2.36. The van der Waals surface area contributed by atoms with E-state index in [9.17, 15) is 0 Å². The van der Waals surface area contributed by atoms with Crippen LogP contribution in [0.25, 0.3) is 27.1 Å². The highest BCUT2D eigenvalue weighted by atomic mass is 35.5. The third kappa shape index (κ3) is 3.45. The smallest absolute Gasteiger partial charge is 0.219 e. The molecule has 0 atom stereocenters. The van der Waals surface area contributed by atoms with E-state index in [0.29, 0.717) is 11.5 Å². The predicted octanol–water partition coefficient (Wildman–Crippen LogP) is 3.67. The molecule has 4 aromatic rings. The maximum absolute atomic E-state index is 5.51. The number of hydrogen-bond donors (Lipinski definition) is 0. The molecule has 154 valence electrons. The van der Waals surface area contributed by atoms with Crippen LogP contribution in [0.3, 0.4) is 0 Å². The molecule has 0 radical (unpaired) electrons. The third-order valence-electron chi connectivity index (χ3n) is 5.09. The first kappa shape index (κ1) is 22.3. The van der Waals surface area contributed by atoms with Crippen molar-refractivity contribution in [2.45, 2.75) is 6.92 Å². The van der Waals surface area contributed by atoms with Crippen molar-refractivity contribution in [3.05, 3.63) is 48.3 Å². The molecule has 6 nitrogen and oxygen atoms in total. The van der Waals surface area contributed by atoms with E-state index in [2.05, 4.69) is 29.7 Å². The topological polar surface area (TPSA) is 72.5 Å². The molecular formula is C22H25ClNO5+. The molecule has 0 aliphatic heterocycles. The van der Waals surface area contributed by atoms with Gasteiger partial charge >= 0.3 is 0 Å². The lowest BCUT2D eigenvalue weighted by Gasteiger charge is -2.11. The van der Waals surface area contributed by atoms with E-state index in [1.807, 2.05) is 24.3 Å². The lowest BCUT2D eigenvalue weighted by molar-refractivity contribution is -0.516. The van der Waals surface area contributed by atoms with Gasteiger partial charge in [-0.3, -0.25) is 0 Å². The summed E-state index contributed by atoms with van der Waals surface area (Å²) in [6.45, 7) is 2.10. The van der Waals surface area contributed by atoms with E-state index in [1.54, 1.807) is 28.4 Å². The molecule has 29 heavy (non-hydrogen) atoms. The van der Waals surface area contributed by atoms with Gasteiger partial charge in [0.15, 0.2) is 34.9 Å². The number of benzene rings is 2. The van der Waals surface area contributed by atoms with Crippen molar-refractivity contribution in [1.82, 2.24) is 0 Å². The second-order valence-corrected chi connectivity index (χ2v) is 6.39. The molecule has 0 amide bonds. The fourth-order valence-electron chi connectivity index (χ4n) is 3.66. The molecule has 4 rings (SSSR count). The van der Waals surface area contributed by atoms with Gasteiger partial charge in [-0.25, -0.2) is 0 Å². The molecule has 2 aromatic carbocycles. The molecule has 0 aliphatic rings. The summed E-state index contributed by atoms with van der Waals surface area (Å²) in [7, 11) is 6.61. The lowest BCUT2D eigenvalue weighted by Crippen LogP contribution is -2.25. The number of aryl methyl sites for hydroxylation is 1. The monoisotopic (exact) mass is 418 g/mol. The summed E-state index contributed by atoms with van der Waals surface area (Å²) < 4.78 is 24.1. The first-order valence-corrected chi connectivity index (χ1v) is 8.66. The average Bonchev–Trinajstić information content (AvgIpc) is 2.71. The number of rotatable bonds is 4. The van der Waals surface area contributed by atoms with Crippen molar-refractivity contribution >= 4 is 39.5 Å². The fraction of sp³-hybridized carbons (Fsp3) is 0.227. The molecule has 0 saturated carbocycles. The molecule has 0 unspecified atom stereocenters. The number of pyridine rings is 2. The largest absolute Gasteiger partial charge is 0.493 e. The van der Waals surface area contributed by atoms with Crippen LogP contribution in [0.1, 0.15) is 5.69 Å². The van der Waals surface area contributed by atoms with Gasteiger partial charge in [-0.2, -0.15) is 4.40 Å². The Morgan fingerprint density at radius 2 is 1.14 bits per heavy atom. The van der Waals surface area contributed by atoms with Crippen molar-refractivity contribution in [3.8, 4) is 23.0 Å². The van der Waals surface area contributed by atoms with E-state index >= 15 is 0 Å². The molecule has 0 bridgehead atoms. The molecule has 2 heterocycles. The van der Waals surface area contributed by atoms with Crippen LogP contribution in [0, 0.1) is 6.92 Å². The zero-order chi connectivity index (χ0) is 19.1. The van der Waals surface area contributed by atoms with Crippen molar-refractivity contribution in [2.75, 3.05) is 28.4 Å². The zero-order valence-corrected chi connectivity index (χ0v) is 17.8. The summed E-state index contributed by atoms with van der Waals surface area (Å²) in [6, 6.07) is 12.3. The molecule has 0 aliphatic carbocycles. The number of halogens is 1.